The highest BCUT2D eigenvalue weighted by Crippen LogP contribution is 2.26. The molecule has 0 aliphatic carbocycles. The molecule has 2 fully saturated rings. The molecule has 2 aliphatic heterocycles. The maximum Gasteiger partial charge on any atom is 0.237 e. The van der Waals surface area contributed by atoms with Crippen LogP contribution < -0.4 is 21.3 Å². The summed E-state index contributed by atoms with van der Waals surface area (Å²) in [6.45, 7) is 5.50. The maximum atomic E-state index is 11.6. The average molecular weight is 418 g/mol. The van der Waals surface area contributed by atoms with Gasteiger partial charge >= 0.3 is 0 Å². The predicted molar refractivity (Wildman–Crippen MR) is 124 cm³/mol. The van der Waals surface area contributed by atoms with Crippen LogP contribution in [0, 0.1) is 0 Å². The van der Waals surface area contributed by atoms with E-state index < -0.39 is 0 Å². The molecule has 10 heteroatoms. The van der Waals surface area contributed by atoms with Crippen molar-refractivity contribution in [3.8, 4) is 0 Å². The van der Waals surface area contributed by atoms with Crippen molar-refractivity contribution < 1.29 is 9.59 Å². The molecule has 2 rings (SSSR count). The Kier molecular flexibility index (Phi) is 13.3. The molecule has 4 N–H and O–H groups in total. The van der Waals surface area contributed by atoms with E-state index in [1.807, 2.05) is 14.1 Å². The first-order valence-corrected chi connectivity index (χ1v) is 11.1. The van der Waals surface area contributed by atoms with Crippen LogP contribution in [0.3, 0.4) is 0 Å². The predicted octanol–water partition coefficient (Wildman–Crippen LogP) is -1.25. The van der Waals surface area contributed by atoms with E-state index in [1.54, 1.807) is 14.1 Å². The number of amides is 2. The summed E-state index contributed by atoms with van der Waals surface area (Å²) < 4.78 is 0. The number of carbonyl (C=O) groups is 2. The molecular formula is C20H40B2N6O2. The third kappa shape index (κ3) is 8.96. The Labute approximate surface area is 185 Å². The number of likely N-dealkylation sites (N-methyl/N-ethyl adjacent to an activating group) is 2. The minimum Gasteiger partial charge on any atom is -0.358 e. The fourth-order valence-electron chi connectivity index (χ4n) is 4.17. The van der Waals surface area contributed by atoms with Crippen LogP contribution in [-0.2, 0) is 9.59 Å². The normalized spacial score (nSPS) is 26.8. The first-order valence-electron chi connectivity index (χ1n) is 11.1. The van der Waals surface area contributed by atoms with Crippen LogP contribution in [-0.4, -0.2) is 117 Å². The van der Waals surface area contributed by atoms with Gasteiger partial charge in [-0.1, -0.05) is 11.6 Å². The van der Waals surface area contributed by atoms with Crippen LogP contribution in [0.4, 0.5) is 0 Å². The molecular weight excluding hydrogens is 378 g/mol. The zero-order chi connectivity index (χ0) is 22.5. The van der Waals surface area contributed by atoms with E-state index >= 15 is 0 Å². The van der Waals surface area contributed by atoms with Crippen LogP contribution in [0.15, 0.2) is 0 Å². The Bertz CT molecular complexity index is 470. The van der Waals surface area contributed by atoms with Gasteiger partial charge in [0.25, 0.3) is 0 Å². The van der Waals surface area contributed by atoms with Gasteiger partial charge in [0.1, 0.15) is 0 Å². The third-order valence-corrected chi connectivity index (χ3v) is 5.71. The summed E-state index contributed by atoms with van der Waals surface area (Å²) in [7, 11) is 19.0. The Morgan fingerprint density at radius 1 is 0.767 bits per heavy atom. The highest BCUT2D eigenvalue weighted by atomic mass is 16.2. The van der Waals surface area contributed by atoms with E-state index in [0.717, 1.165) is 65.0 Å². The van der Waals surface area contributed by atoms with Crippen LogP contribution >= 0.6 is 0 Å². The van der Waals surface area contributed by atoms with Gasteiger partial charge in [0, 0.05) is 27.2 Å². The molecule has 0 spiro atoms. The summed E-state index contributed by atoms with van der Waals surface area (Å²) in [6.07, 6.45) is 3.66. The summed E-state index contributed by atoms with van der Waals surface area (Å²) in [5, 5.41) is 11.6. The highest BCUT2D eigenvalue weighted by molar-refractivity contribution is 6.12. The first-order chi connectivity index (χ1) is 14.4. The molecule has 0 bridgehead atoms. The van der Waals surface area contributed by atoms with E-state index in [9.17, 15) is 9.59 Å². The molecule has 0 aromatic carbocycles. The van der Waals surface area contributed by atoms with E-state index in [0.29, 0.717) is 0 Å². The number of rotatable bonds is 10. The fourth-order valence-corrected chi connectivity index (χ4v) is 4.17. The van der Waals surface area contributed by atoms with Crippen LogP contribution in [0.1, 0.15) is 25.7 Å². The minimum atomic E-state index is -0.0261. The summed E-state index contributed by atoms with van der Waals surface area (Å²) in [5.74, 6) is 0.462. The summed E-state index contributed by atoms with van der Waals surface area (Å²) >= 11 is 0. The number of hydrogen-bond acceptors (Lipinski definition) is 6. The fraction of sp³-hybridized carbons (Fsp3) is 0.900. The molecule has 0 saturated carbocycles. The molecule has 4 atom stereocenters. The van der Waals surface area contributed by atoms with Crippen molar-refractivity contribution in [3.63, 3.8) is 0 Å². The summed E-state index contributed by atoms with van der Waals surface area (Å²) in [4.78, 5) is 27.5. The lowest BCUT2D eigenvalue weighted by atomic mass is 9.85. The minimum absolute atomic E-state index is 0.0261. The standard InChI is InChI=1S/2C10H20BN3O/c2*1-12-4-3-5-14-7-8(11)6-9(14)10(15)13-2/h2*8-9,12H,3-7H2,1-2H3,(H,13,15)/t2*8-,9-/m00/s1. The van der Waals surface area contributed by atoms with Crippen molar-refractivity contribution in [2.24, 2.45) is 0 Å². The van der Waals surface area contributed by atoms with Gasteiger partial charge in [-0.3, -0.25) is 19.4 Å². The van der Waals surface area contributed by atoms with Gasteiger partial charge in [0.15, 0.2) is 0 Å². The molecule has 168 valence electrons. The zero-order valence-corrected chi connectivity index (χ0v) is 19.2. The third-order valence-electron chi connectivity index (χ3n) is 5.71. The molecule has 2 saturated heterocycles. The molecule has 4 radical (unpaired) electrons. The van der Waals surface area contributed by atoms with Crippen molar-refractivity contribution in [1.82, 2.24) is 31.1 Å². The van der Waals surface area contributed by atoms with Gasteiger partial charge in [-0.2, -0.15) is 0 Å². The molecule has 0 aromatic rings. The Hall–Kier alpha value is -1.09. The lowest BCUT2D eigenvalue weighted by Gasteiger charge is -2.22. The van der Waals surface area contributed by atoms with Gasteiger partial charge in [0.05, 0.1) is 27.8 Å². The zero-order valence-electron chi connectivity index (χ0n) is 19.2. The largest absolute Gasteiger partial charge is 0.358 e. The van der Waals surface area contributed by atoms with Crippen LogP contribution in [0.25, 0.3) is 0 Å². The second kappa shape index (κ2) is 14.8. The SMILES string of the molecule is [B][C@H]1C[C@@H](C(=O)NC)N(CCCNC)C1.[B][C@H]1C[C@@H](C(=O)NC)N(CCCNC)C1. The van der Waals surface area contributed by atoms with E-state index in [-0.39, 0.29) is 35.5 Å². The quantitative estimate of drug-likeness (QED) is 0.262. The van der Waals surface area contributed by atoms with Gasteiger partial charge < -0.3 is 21.3 Å². The molecule has 2 aliphatic rings. The van der Waals surface area contributed by atoms with E-state index in [2.05, 4.69) is 31.1 Å². The van der Waals surface area contributed by atoms with E-state index in [1.165, 1.54) is 0 Å². The van der Waals surface area contributed by atoms with Gasteiger partial charge in [-0.05, 0) is 66.0 Å². The number of likely N-dealkylation sites (tertiary alicyclic amines) is 2. The second-order valence-electron chi connectivity index (χ2n) is 8.16. The van der Waals surface area contributed by atoms with Crippen molar-refractivity contribution in [2.75, 3.05) is 67.5 Å². The lowest BCUT2D eigenvalue weighted by Crippen LogP contribution is -2.42. The van der Waals surface area contributed by atoms with Gasteiger partial charge in [0.2, 0.25) is 11.8 Å². The molecule has 8 nitrogen and oxygen atoms in total. The lowest BCUT2D eigenvalue weighted by molar-refractivity contribution is -0.125. The Balaban J connectivity index is 0.000000300. The molecule has 0 aromatic heterocycles. The van der Waals surface area contributed by atoms with E-state index in [4.69, 9.17) is 15.7 Å². The Morgan fingerprint density at radius 2 is 1.13 bits per heavy atom. The second-order valence-corrected chi connectivity index (χ2v) is 8.16. The topological polar surface area (TPSA) is 88.7 Å². The monoisotopic (exact) mass is 418 g/mol. The molecule has 0 unspecified atom stereocenters. The van der Waals surface area contributed by atoms with Crippen molar-refractivity contribution in [1.29, 1.82) is 0 Å². The number of nitrogens with one attached hydrogen (secondary N) is 4. The van der Waals surface area contributed by atoms with Crippen molar-refractivity contribution in [2.45, 2.75) is 49.4 Å². The maximum absolute atomic E-state index is 11.6. The molecule has 30 heavy (non-hydrogen) atoms. The van der Waals surface area contributed by atoms with Crippen LogP contribution in [0.2, 0.25) is 11.6 Å². The van der Waals surface area contributed by atoms with Crippen molar-refractivity contribution in [3.05, 3.63) is 0 Å². The summed E-state index contributed by atoms with van der Waals surface area (Å²) in [5.41, 5.74) is 0. The molecule has 2 heterocycles. The molecule has 2 amide bonds. The van der Waals surface area contributed by atoms with Crippen molar-refractivity contribution >= 4 is 27.5 Å². The van der Waals surface area contributed by atoms with Crippen LogP contribution in [0.5, 0.6) is 0 Å². The highest BCUT2D eigenvalue weighted by Gasteiger charge is 2.34. The van der Waals surface area contributed by atoms with Gasteiger partial charge in [-0.25, -0.2) is 0 Å². The van der Waals surface area contributed by atoms with Gasteiger partial charge in [-0.15, -0.1) is 0 Å². The summed E-state index contributed by atoms with van der Waals surface area (Å²) in [6, 6.07) is -0.0521. The number of hydrogen-bond donors (Lipinski definition) is 4. The average Bonchev–Trinajstić information content (AvgIpc) is 3.29. The number of nitrogens with zero attached hydrogens (tertiary/aromatic N) is 2. The first kappa shape index (κ1) is 26.9. The number of carbonyl (C=O) groups excluding carboxylic acids is 2. The smallest absolute Gasteiger partial charge is 0.237 e. The Morgan fingerprint density at radius 3 is 1.43 bits per heavy atom.